The lowest BCUT2D eigenvalue weighted by Gasteiger charge is -2.33. The van der Waals surface area contributed by atoms with Crippen LogP contribution in [0, 0.1) is 6.92 Å². The van der Waals surface area contributed by atoms with Crippen molar-refractivity contribution < 1.29 is 13.5 Å². The number of sulfonamides is 1. The van der Waals surface area contributed by atoms with Crippen LogP contribution in [0.15, 0.2) is 23.1 Å². The SMILES string of the molecule is Cc1cc(N)ccc1S(=O)(=O)N1CCN(CCO)CC1. The van der Waals surface area contributed by atoms with Gasteiger partial charge in [0.25, 0.3) is 0 Å². The molecule has 1 fully saturated rings. The predicted octanol–water partition coefficient (Wildman–Crippen LogP) is -0.124. The van der Waals surface area contributed by atoms with Crippen LogP contribution >= 0.6 is 0 Å². The van der Waals surface area contributed by atoms with Gasteiger partial charge in [0.15, 0.2) is 0 Å². The van der Waals surface area contributed by atoms with Gasteiger partial charge in [-0.25, -0.2) is 8.42 Å². The number of aliphatic hydroxyl groups is 1. The highest BCUT2D eigenvalue weighted by Gasteiger charge is 2.29. The summed E-state index contributed by atoms with van der Waals surface area (Å²) in [6.45, 7) is 4.64. The molecule has 0 radical (unpaired) electrons. The first-order chi connectivity index (χ1) is 9.45. The second kappa shape index (κ2) is 6.09. The van der Waals surface area contributed by atoms with Crippen LogP contribution < -0.4 is 5.73 Å². The Morgan fingerprint density at radius 3 is 2.45 bits per heavy atom. The molecule has 0 amide bonds. The van der Waals surface area contributed by atoms with Gasteiger partial charge in [-0.3, -0.25) is 4.90 Å². The molecule has 2 rings (SSSR count). The van der Waals surface area contributed by atoms with Gasteiger partial charge >= 0.3 is 0 Å². The molecule has 7 heteroatoms. The number of β-amino-alcohol motifs (C(OH)–C–C–N with tert-alkyl or cyclic N) is 1. The van der Waals surface area contributed by atoms with Crippen LogP contribution in [0.2, 0.25) is 0 Å². The molecule has 0 bridgehead atoms. The molecule has 3 N–H and O–H groups in total. The van der Waals surface area contributed by atoms with Gasteiger partial charge in [0, 0.05) is 38.4 Å². The lowest BCUT2D eigenvalue weighted by atomic mass is 10.2. The van der Waals surface area contributed by atoms with E-state index in [1.165, 1.54) is 4.31 Å². The van der Waals surface area contributed by atoms with Crippen LogP contribution in [0.4, 0.5) is 5.69 Å². The van der Waals surface area contributed by atoms with Crippen LogP contribution in [-0.4, -0.2) is 62.1 Å². The number of hydrogen-bond donors (Lipinski definition) is 2. The standard InChI is InChI=1S/C13H21N3O3S/c1-11-10-12(14)2-3-13(11)20(18,19)16-6-4-15(5-7-16)8-9-17/h2-3,10,17H,4-9,14H2,1H3. The molecule has 0 aromatic heterocycles. The van der Waals surface area contributed by atoms with Crippen LogP contribution in [0.5, 0.6) is 0 Å². The van der Waals surface area contributed by atoms with Gasteiger partial charge in [0.05, 0.1) is 11.5 Å². The molecule has 6 nitrogen and oxygen atoms in total. The molecule has 1 aromatic carbocycles. The summed E-state index contributed by atoms with van der Waals surface area (Å²) in [4.78, 5) is 2.38. The van der Waals surface area contributed by atoms with Gasteiger partial charge in [-0.05, 0) is 30.7 Å². The Morgan fingerprint density at radius 1 is 1.25 bits per heavy atom. The van der Waals surface area contributed by atoms with E-state index >= 15 is 0 Å². The van der Waals surface area contributed by atoms with Crippen LogP contribution in [0.1, 0.15) is 5.56 Å². The van der Waals surface area contributed by atoms with Crippen molar-refractivity contribution in [3.05, 3.63) is 23.8 Å². The van der Waals surface area contributed by atoms with E-state index in [0.717, 1.165) is 0 Å². The number of aryl methyl sites for hydroxylation is 1. The van der Waals surface area contributed by atoms with Crippen molar-refractivity contribution in [2.75, 3.05) is 45.1 Å². The molecule has 0 atom stereocenters. The Labute approximate surface area is 119 Å². The topological polar surface area (TPSA) is 86.9 Å². The highest BCUT2D eigenvalue weighted by atomic mass is 32.2. The van der Waals surface area contributed by atoms with Crippen molar-refractivity contribution in [3.8, 4) is 0 Å². The van der Waals surface area contributed by atoms with E-state index in [1.54, 1.807) is 25.1 Å². The van der Waals surface area contributed by atoms with Crippen molar-refractivity contribution in [1.82, 2.24) is 9.21 Å². The summed E-state index contributed by atoms with van der Waals surface area (Å²) < 4.78 is 26.7. The molecular weight excluding hydrogens is 278 g/mol. The summed E-state index contributed by atoms with van der Waals surface area (Å²) in [6, 6.07) is 4.86. The maximum absolute atomic E-state index is 12.6. The van der Waals surface area contributed by atoms with Gasteiger partial charge in [0.2, 0.25) is 10.0 Å². The van der Waals surface area contributed by atoms with E-state index in [4.69, 9.17) is 10.8 Å². The second-order valence-corrected chi connectivity index (χ2v) is 6.90. The third-order valence-corrected chi connectivity index (χ3v) is 5.62. The number of anilines is 1. The maximum Gasteiger partial charge on any atom is 0.243 e. The minimum atomic E-state index is -3.46. The largest absolute Gasteiger partial charge is 0.399 e. The number of benzene rings is 1. The fourth-order valence-electron chi connectivity index (χ4n) is 2.44. The highest BCUT2D eigenvalue weighted by Crippen LogP contribution is 2.22. The Kier molecular flexibility index (Phi) is 4.64. The molecule has 1 aliphatic heterocycles. The number of aliphatic hydroxyl groups excluding tert-OH is 1. The zero-order valence-electron chi connectivity index (χ0n) is 11.6. The lowest BCUT2D eigenvalue weighted by molar-refractivity contribution is 0.151. The smallest absolute Gasteiger partial charge is 0.243 e. The molecule has 0 saturated carbocycles. The third kappa shape index (κ3) is 3.12. The fourth-order valence-corrected chi connectivity index (χ4v) is 4.06. The van der Waals surface area contributed by atoms with Gasteiger partial charge in [-0.1, -0.05) is 0 Å². The van der Waals surface area contributed by atoms with Crippen molar-refractivity contribution in [2.45, 2.75) is 11.8 Å². The highest BCUT2D eigenvalue weighted by molar-refractivity contribution is 7.89. The van der Waals surface area contributed by atoms with Crippen molar-refractivity contribution in [1.29, 1.82) is 0 Å². The number of nitrogens with two attached hydrogens (primary N) is 1. The van der Waals surface area contributed by atoms with Gasteiger partial charge in [-0.2, -0.15) is 4.31 Å². The number of hydrogen-bond acceptors (Lipinski definition) is 5. The number of nitrogen functional groups attached to an aromatic ring is 1. The molecule has 1 heterocycles. The van der Waals surface area contributed by atoms with E-state index < -0.39 is 10.0 Å². The summed E-state index contributed by atoms with van der Waals surface area (Å²) in [5, 5.41) is 8.90. The summed E-state index contributed by atoms with van der Waals surface area (Å²) >= 11 is 0. The van der Waals surface area contributed by atoms with Gasteiger partial charge in [0.1, 0.15) is 0 Å². The zero-order valence-corrected chi connectivity index (χ0v) is 12.4. The van der Waals surface area contributed by atoms with Crippen molar-refractivity contribution >= 4 is 15.7 Å². The number of rotatable bonds is 4. The third-order valence-electron chi connectivity index (χ3n) is 3.56. The molecule has 1 aliphatic rings. The fraction of sp³-hybridized carbons (Fsp3) is 0.538. The van der Waals surface area contributed by atoms with Crippen LogP contribution in [-0.2, 0) is 10.0 Å². The number of piperazine rings is 1. The average Bonchev–Trinajstić information content (AvgIpc) is 2.39. The first-order valence-electron chi connectivity index (χ1n) is 6.64. The van der Waals surface area contributed by atoms with E-state index in [9.17, 15) is 8.42 Å². The normalized spacial score (nSPS) is 18.3. The summed E-state index contributed by atoms with van der Waals surface area (Å²) in [5.41, 5.74) is 6.90. The zero-order chi connectivity index (χ0) is 14.8. The maximum atomic E-state index is 12.6. The van der Waals surface area contributed by atoms with E-state index in [-0.39, 0.29) is 6.61 Å². The Hall–Kier alpha value is -1.15. The van der Waals surface area contributed by atoms with E-state index in [2.05, 4.69) is 4.90 Å². The first-order valence-corrected chi connectivity index (χ1v) is 8.08. The van der Waals surface area contributed by atoms with Crippen molar-refractivity contribution in [2.24, 2.45) is 0 Å². The first kappa shape index (κ1) is 15.2. The Balaban J connectivity index is 2.15. The Morgan fingerprint density at radius 2 is 1.90 bits per heavy atom. The molecule has 1 saturated heterocycles. The molecule has 112 valence electrons. The second-order valence-electron chi connectivity index (χ2n) is 4.99. The molecular formula is C13H21N3O3S. The molecule has 0 spiro atoms. The van der Waals surface area contributed by atoms with E-state index in [0.29, 0.717) is 48.9 Å². The monoisotopic (exact) mass is 299 g/mol. The van der Waals surface area contributed by atoms with Crippen LogP contribution in [0.25, 0.3) is 0 Å². The predicted molar refractivity (Wildman–Crippen MR) is 77.9 cm³/mol. The summed E-state index contributed by atoms with van der Waals surface area (Å²) in [7, 11) is -3.46. The minimum Gasteiger partial charge on any atom is -0.399 e. The van der Waals surface area contributed by atoms with Gasteiger partial charge in [-0.15, -0.1) is 0 Å². The Bertz CT molecular complexity index is 566. The molecule has 0 aliphatic carbocycles. The summed E-state index contributed by atoms with van der Waals surface area (Å²) in [5.74, 6) is 0. The van der Waals surface area contributed by atoms with E-state index in [1.807, 2.05) is 0 Å². The van der Waals surface area contributed by atoms with Gasteiger partial charge < -0.3 is 10.8 Å². The minimum absolute atomic E-state index is 0.101. The average molecular weight is 299 g/mol. The van der Waals surface area contributed by atoms with Crippen molar-refractivity contribution in [3.63, 3.8) is 0 Å². The summed E-state index contributed by atoms with van der Waals surface area (Å²) in [6.07, 6.45) is 0. The quantitative estimate of drug-likeness (QED) is 0.757. The number of nitrogens with zero attached hydrogens (tertiary/aromatic N) is 2. The molecule has 0 unspecified atom stereocenters. The molecule has 20 heavy (non-hydrogen) atoms. The van der Waals surface area contributed by atoms with Crippen LogP contribution in [0.3, 0.4) is 0 Å². The lowest BCUT2D eigenvalue weighted by Crippen LogP contribution is -2.49. The molecule has 1 aromatic rings.